The molecule has 0 atom stereocenters. The van der Waals surface area contributed by atoms with Crippen molar-refractivity contribution in [3.8, 4) is 17.4 Å². The number of rotatable bonds is 6. The van der Waals surface area contributed by atoms with Crippen molar-refractivity contribution < 1.29 is 14.1 Å². The number of aromatic amines is 1. The summed E-state index contributed by atoms with van der Waals surface area (Å²) in [6.07, 6.45) is 7.64. The van der Waals surface area contributed by atoms with Gasteiger partial charge in [-0.2, -0.15) is 9.78 Å². The number of benzene rings is 1. The number of amides is 1. The van der Waals surface area contributed by atoms with Crippen LogP contribution in [0.25, 0.3) is 23.5 Å². The van der Waals surface area contributed by atoms with Crippen LogP contribution in [0.2, 0.25) is 0 Å². The fourth-order valence-corrected chi connectivity index (χ4v) is 3.91. The first-order valence-corrected chi connectivity index (χ1v) is 11.0. The number of aryl methyl sites for hydroxylation is 1. The van der Waals surface area contributed by atoms with E-state index < -0.39 is 10.8 Å². The fraction of sp³-hybridized carbons (Fsp3) is 0.167. The molecule has 4 aromatic rings. The maximum absolute atomic E-state index is 12.7. The molecule has 35 heavy (non-hydrogen) atoms. The Morgan fingerprint density at radius 2 is 2.00 bits per heavy atom. The quantitative estimate of drug-likeness (QED) is 0.247. The number of carbonyl (C=O) groups is 1. The minimum absolute atomic E-state index is 0.0347. The zero-order chi connectivity index (χ0) is 24.4. The van der Waals surface area contributed by atoms with E-state index in [-0.39, 0.29) is 23.0 Å². The summed E-state index contributed by atoms with van der Waals surface area (Å²) in [7, 11) is 0. The standard InChI is InChI=1S/C24H20N6O5/c31-22(12-9-15-7-10-16(11-8-15)30(33)34)26-21-14-19(20-6-3-13-35-20)28-29(21)24-25-18-5-2-1-4-17(18)23(32)27-24/h3,6-14H,1-2,4-5H2,(H,26,31)(H,25,27,32)/b12-9-. The van der Waals surface area contributed by atoms with Crippen LogP contribution >= 0.6 is 0 Å². The number of carbonyl (C=O) groups excluding carboxylic acids is 1. The summed E-state index contributed by atoms with van der Waals surface area (Å²) in [4.78, 5) is 43.0. The van der Waals surface area contributed by atoms with Crippen LogP contribution < -0.4 is 10.9 Å². The predicted octanol–water partition coefficient (Wildman–Crippen LogP) is 3.65. The molecule has 3 heterocycles. The number of nitro groups is 1. The molecule has 1 aliphatic rings. The third kappa shape index (κ3) is 4.64. The highest BCUT2D eigenvalue weighted by atomic mass is 16.6. The van der Waals surface area contributed by atoms with Gasteiger partial charge in [0.05, 0.1) is 16.9 Å². The molecule has 11 nitrogen and oxygen atoms in total. The maximum Gasteiger partial charge on any atom is 0.269 e. The zero-order valence-corrected chi connectivity index (χ0v) is 18.4. The molecule has 0 aliphatic heterocycles. The lowest BCUT2D eigenvalue weighted by molar-refractivity contribution is -0.384. The molecule has 3 aromatic heterocycles. The van der Waals surface area contributed by atoms with E-state index in [9.17, 15) is 19.7 Å². The zero-order valence-electron chi connectivity index (χ0n) is 18.4. The monoisotopic (exact) mass is 472 g/mol. The Morgan fingerprint density at radius 3 is 2.74 bits per heavy atom. The van der Waals surface area contributed by atoms with Gasteiger partial charge in [-0.15, -0.1) is 0 Å². The van der Waals surface area contributed by atoms with Crippen molar-refractivity contribution in [1.29, 1.82) is 0 Å². The van der Waals surface area contributed by atoms with E-state index in [4.69, 9.17) is 4.42 Å². The van der Waals surface area contributed by atoms with Gasteiger partial charge in [0.15, 0.2) is 5.76 Å². The molecule has 5 rings (SSSR count). The van der Waals surface area contributed by atoms with Crippen LogP contribution in [-0.4, -0.2) is 30.6 Å². The predicted molar refractivity (Wildman–Crippen MR) is 127 cm³/mol. The van der Waals surface area contributed by atoms with Gasteiger partial charge >= 0.3 is 0 Å². The minimum atomic E-state index is -0.489. The Labute approximate surface area is 198 Å². The van der Waals surface area contributed by atoms with E-state index in [0.717, 1.165) is 18.5 Å². The number of non-ortho nitro benzene ring substituents is 1. The Morgan fingerprint density at radius 1 is 1.20 bits per heavy atom. The van der Waals surface area contributed by atoms with Gasteiger partial charge < -0.3 is 9.73 Å². The Hall–Kier alpha value is -4.80. The van der Waals surface area contributed by atoms with Crippen molar-refractivity contribution in [1.82, 2.24) is 19.7 Å². The first kappa shape index (κ1) is 22.0. The lowest BCUT2D eigenvalue weighted by Crippen LogP contribution is -2.24. The smallest absolute Gasteiger partial charge is 0.269 e. The normalized spacial score (nSPS) is 13.0. The lowest BCUT2D eigenvalue weighted by Gasteiger charge is -2.15. The average Bonchev–Trinajstić information content (AvgIpc) is 3.53. The molecule has 1 aromatic carbocycles. The van der Waals surface area contributed by atoms with E-state index >= 15 is 0 Å². The summed E-state index contributed by atoms with van der Waals surface area (Å²) in [5.41, 5.74) is 2.25. The molecule has 1 aliphatic carbocycles. The van der Waals surface area contributed by atoms with E-state index in [1.165, 1.54) is 35.2 Å². The number of furan rings is 1. The van der Waals surface area contributed by atoms with Crippen LogP contribution in [0.5, 0.6) is 0 Å². The van der Waals surface area contributed by atoms with Crippen molar-refractivity contribution >= 4 is 23.5 Å². The summed E-state index contributed by atoms with van der Waals surface area (Å²) in [6, 6.07) is 10.9. The van der Waals surface area contributed by atoms with Gasteiger partial charge in [-0.05, 0) is 61.6 Å². The number of H-pyrrole nitrogens is 1. The highest BCUT2D eigenvalue weighted by Crippen LogP contribution is 2.25. The molecule has 0 unspecified atom stereocenters. The second-order valence-electron chi connectivity index (χ2n) is 8.00. The van der Waals surface area contributed by atoms with Crippen LogP contribution in [0, 0.1) is 10.1 Å². The topological polar surface area (TPSA) is 149 Å². The highest BCUT2D eigenvalue weighted by Gasteiger charge is 2.20. The summed E-state index contributed by atoms with van der Waals surface area (Å²) in [6.45, 7) is 0. The number of hydrogen-bond donors (Lipinski definition) is 2. The number of fused-ring (bicyclic) bond motifs is 1. The number of hydrogen-bond acceptors (Lipinski definition) is 7. The number of aromatic nitrogens is 4. The minimum Gasteiger partial charge on any atom is -0.463 e. The molecular weight excluding hydrogens is 452 g/mol. The van der Waals surface area contributed by atoms with Gasteiger partial charge in [-0.25, -0.2) is 4.98 Å². The van der Waals surface area contributed by atoms with E-state index in [0.29, 0.717) is 35.4 Å². The number of nitrogens with one attached hydrogen (secondary N) is 2. The largest absolute Gasteiger partial charge is 0.463 e. The van der Waals surface area contributed by atoms with E-state index in [2.05, 4.69) is 20.4 Å². The number of nitro benzene ring substituents is 1. The molecule has 0 saturated carbocycles. The molecule has 0 fully saturated rings. The molecule has 1 amide bonds. The molecule has 0 spiro atoms. The molecule has 0 radical (unpaired) electrons. The Bertz CT molecular complexity index is 1480. The van der Waals surface area contributed by atoms with Crippen molar-refractivity contribution in [2.24, 2.45) is 0 Å². The van der Waals surface area contributed by atoms with Crippen LogP contribution in [0.3, 0.4) is 0 Å². The van der Waals surface area contributed by atoms with Crippen molar-refractivity contribution in [3.05, 3.63) is 92.1 Å². The summed E-state index contributed by atoms with van der Waals surface area (Å²) < 4.78 is 6.80. The van der Waals surface area contributed by atoms with Gasteiger partial charge in [-0.1, -0.05) is 0 Å². The van der Waals surface area contributed by atoms with Crippen molar-refractivity contribution in [2.45, 2.75) is 25.7 Å². The third-order valence-electron chi connectivity index (χ3n) is 5.64. The van der Waals surface area contributed by atoms with E-state index in [1.54, 1.807) is 30.3 Å². The second kappa shape index (κ2) is 9.21. The first-order chi connectivity index (χ1) is 17.0. The molecule has 11 heteroatoms. The van der Waals surface area contributed by atoms with E-state index in [1.807, 2.05) is 0 Å². The van der Waals surface area contributed by atoms with Gasteiger partial charge in [0.25, 0.3) is 11.2 Å². The lowest BCUT2D eigenvalue weighted by atomic mass is 9.97. The number of anilines is 1. The van der Waals surface area contributed by atoms with Crippen LogP contribution in [-0.2, 0) is 17.6 Å². The molecule has 2 N–H and O–H groups in total. The van der Waals surface area contributed by atoms with Crippen LogP contribution in [0.1, 0.15) is 29.7 Å². The van der Waals surface area contributed by atoms with Crippen molar-refractivity contribution in [3.63, 3.8) is 0 Å². The highest BCUT2D eigenvalue weighted by molar-refractivity contribution is 6.01. The molecular formula is C24H20N6O5. The summed E-state index contributed by atoms with van der Waals surface area (Å²) >= 11 is 0. The second-order valence-corrected chi connectivity index (χ2v) is 8.00. The van der Waals surface area contributed by atoms with Gasteiger partial charge in [-0.3, -0.25) is 24.7 Å². The molecule has 0 saturated heterocycles. The third-order valence-corrected chi connectivity index (χ3v) is 5.64. The van der Waals surface area contributed by atoms with Crippen LogP contribution in [0.15, 0.2) is 64.0 Å². The first-order valence-electron chi connectivity index (χ1n) is 11.0. The summed E-state index contributed by atoms with van der Waals surface area (Å²) in [5.74, 6) is 0.508. The SMILES string of the molecule is O=C(/C=C\c1ccc([N+](=O)[O-])cc1)Nc1cc(-c2ccco2)nn1-c1nc2c(c(=O)[nH]1)CCCC2. The van der Waals surface area contributed by atoms with Gasteiger partial charge in [0.2, 0.25) is 11.9 Å². The Balaban J connectivity index is 1.45. The summed E-state index contributed by atoms with van der Waals surface area (Å²) in [5, 5.41) is 18.1. The number of nitrogens with zero attached hydrogens (tertiary/aromatic N) is 4. The average molecular weight is 472 g/mol. The molecule has 176 valence electrons. The molecule has 0 bridgehead atoms. The van der Waals surface area contributed by atoms with Crippen molar-refractivity contribution in [2.75, 3.05) is 5.32 Å². The maximum atomic E-state index is 12.7. The fourth-order valence-electron chi connectivity index (χ4n) is 3.91. The van der Waals surface area contributed by atoms with Gasteiger partial charge in [0.1, 0.15) is 11.5 Å². The van der Waals surface area contributed by atoms with Crippen LogP contribution in [0.4, 0.5) is 11.5 Å². The Kier molecular flexibility index (Phi) is 5.80. The van der Waals surface area contributed by atoms with Gasteiger partial charge in [0, 0.05) is 29.8 Å².